The first-order valence-corrected chi connectivity index (χ1v) is 21.4. The highest BCUT2D eigenvalue weighted by molar-refractivity contribution is 7.80. The van der Waals surface area contributed by atoms with Gasteiger partial charge in [0.2, 0.25) is 5.91 Å². The smallest absolute Gasteiger partial charge is 0.394 e. The molecule has 51 heavy (non-hydrogen) atoms. The SMILES string of the molecule is CCCCCCCCCCCCC/C=C/[C@@H](O)[C@H](CO[C@@H]1O[C@H](CO)[C@H](O)[C@H](OS(=O)(=O)O)[C@H]1O)NC(=O)CCCCCCCCCCCCC. The van der Waals surface area contributed by atoms with Crippen molar-refractivity contribution in [1.82, 2.24) is 5.32 Å². The third-order valence-corrected chi connectivity index (χ3v) is 10.0. The molecule has 1 heterocycles. The van der Waals surface area contributed by atoms with E-state index in [9.17, 15) is 33.6 Å². The second-order valence-corrected chi connectivity index (χ2v) is 15.3. The maximum absolute atomic E-state index is 12.9. The summed E-state index contributed by atoms with van der Waals surface area (Å²) < 4.78 is 47.3. The van der Waals surface area contributed by atoms with Crippen LogP contribution >= 0.6 is 0 Å². The Kier molecular flexibility index (Phi) is 28.3. The van der Waals surface area contributed by atoms with Crippen molar-refractivity contribution in [3.05, 3.63) is 12.2 Å². The number of unbranched alkanes of at least 4 members (excludes halogenated alkanes) is 21. The fraction of sp³-hybridized carbons (Fsp3) is 0.921. The van der Waals surface area contributed by atoms with E-state index in [0.717, 1.165) is 38.5 Å². The molecule has 0 aromatic heterocycles. The number of allylic oxidation sites excluding steroid dienone is 1. The van der Waals surface area contributed by atoms with Gasteiger partial charge in [-0.25, -0.2) is 4.18 Å². The molecule has 13 heteroatoms. The largest absolute Gasteiger partial charge is 0.397 e. The van der Waals surface area contributed by atoms with Crippen LogP contribution in [0.4, 0.5) is 0 Å². The van der Waals surface area contributed by atoms with Crippen LogP contribution in [0, 0.1) is 0 Å². The molecule has 0 aromatic carbocycles. The highest BCUT2D eigenvalue weighted by atomic mass is 32.3. The zero-order valence-electron chi connectivity index (χ0n) is 31.7. The molecule has 1 amide bonds. The molecular formula is C38H73NO11S. The lowest BCUT2D eigenvalue weighted by Gasteiger charge is -2.41. The summed E-state index contributed by atoms with van der Waals surface area (Å²) in [4.78, 5) is 12.9. The average molecular weight is 752 g/mol. The van der Waals surface area contributed by atoms with Crippen LogP contribution in [-0.4, -0.2) is 95.4 Å². The first-order chi connectivity index (χ1) is 24.5. The number of rotatable bonds is 33. The Morgan fingerprint density at radius 3 is 1.71 bits per heavy atom. The lowest BCUT2D eigenvalue weighted by Crippen LogP contribution is -2.61. The second kappa shape index (κ2) is 30.2. The predicted molar refractivity (Wildman–Crippen MR) is 199 cm³/mol. The Bertz CT molecular complexity index is 983. The second-order valence-electron chi connectivity index (χ2n) is 14.2. The Morgan fingerprint density at radius 1 is 0.765 bits per heavy atom. The van der Waals surface area contributed by atoms with Crippen molar-refractivity contribution in [2.24, 2.45) is 0 Å². The number of carbonyl (C=O) groups excluding carboxylic acids is 1. The van der Waals surface area contributed by atoms with Crippen molar-refractivity contribution in [2.75, 3.05) is 13.2 Å². The van der Waals surface area contributed by atoms with E-state index < -0.39 is 59.9 Å². The Morgan fingerprint density at radius 2 is 1.24 bits per heavy atom. The summed E-state index contributed by atoms with van der Waals surface area (Å²) in [7, 11) is -5.07. The number of ether oxygens (including phenoxy) is 2. The standard InChI is InChI=1S/C38H73NO11S/c1-3-5-7-9-11-13-15-16-18-19-21-23-25-27-32(41)31(39-34(42)28-26-24-22-20-17-14-12-10-8-6-4-2)30-48-38-36(44)37(50-51(45,46)47)35(43)33(29-40)49-38/h25,27,31-33,35-38,40-41,43-44H,3-24,26,28-30H2,1-2H3,(H,39,42)(H,45,46,47)/b27-25+/t31-,32+,33+,35-,36+,37-,38+/m0/s1. The van der Waals surface area contributed by atoms with Crippen LogP contribution in [0.15, 0.2) is 12.2 Å². The van der Waals surface area contributed by atoms with E-state index in [1.54, 1.807) is 6.08 Å². The summed E-state index contributed by atoms with van der Waals surface area (Å²) in [5, 5.41) is 44.4. The highest BCUT2D eigenvalue weighted by Crippen LogP contribution is 2.26. The molecule has 0 spiro atoms. The van der Waals surface area contributed by atoms with Crippen molar-refractivity contribution in [3.63, 3.8) is 0 Å². The van der Waals surface area contributed by atoms with E-state index in [-0.39, 0.29) is 18.9 Å². The van der Waals surface area contributed by atoms with Crippen molar-refractivity contribution >= 4 is 16.3 Å². The lowest BCUT2D eigenvalue weighted by molar-refractivity contribution is -0.298. The molecule has 1 aliphatic heterocycles. The Labute approximate surface area is 309 Å². The van der Waals surface area contributed by atoms with Crippen LogP contribution in [0.1, 0.15) is 168 Å². The molecule has 0 bridgehead atoms. The minimum Gasteiger partial charge on any atom is -0.394 e. The van der Waals surface area contributed by atoms with E-state index in [2.05, 4.69) is 23.3 Å². The van der Waals surface area contributed by atoms with Crippen LogP contribution in [0.2, 0.25) is 0 Å². The van der Waals surface area contributed by atoms with Gasteiger partial charge in [0.1, 0.15) is 24.4 Å². The molecule has 0 saturated carbocycles. The molecule has 1 aliphatic rings. The van der Waals surface area contributed by atoms with Gasteiger partial charge in [0, 0.05) is 6.42 Å². The fourth-order valence-corrected chi connectivity index (χ4v) is 6.90. The van der Waals surface area contributed by atoms with Gasteiger partial charge >= 0.3 is 10.4 Å². The summed E-state index contributed by atoms with van der Waals surface area (Å²) in [5.74, 6) is -0.265. The van der Waals surface area contributed by atoms with Gasteiger partial charge in [-0.3, -0.25) is 9.35 Å². The number of aliphatic hydroxyl groups excluding tert-OH is 4. The molecule has 1 saturated heterocycles. The predicted octanol–water partition coefficient (Wildman–Crippen LogP) is 6.43. The summed E-state index contributed by atoms with van der Waals surface area (Å²) in [6.45, 7) is 3.34. The first-order valence-electron chi connectivity index (χ1n) is 20.1. The number of aliphatic hydroxyl groups is 4. The maximum atomic E-state index is 12.9. The van der Waals surface area contributed by atoms with Crippen LogP contribution in [0.3, 0.4) is 0 Å². The van der Waals surface area contributed by atoms with Crippen LogP contribution in [-0.2, 0) is 28.9 Å². The van der Waals surface area contributed by atoms with Gasteiger partial charge in [0.05, 0.1) is 25.4 Å². The quantitative estimate of drug-likeness (QED) is 0.0246. The minimum absolute atomic E-state index is 0.265. The molecular weight excluding hydrogens is 678 g/mol. The molecule has 302 valence electrons. The molecule has 1 rings (SSSR count). The fourth-order valence-electron chi connectivity index (χ4n) is 6.39. The normalized spacial score (nSPS) is 22.4. The molecule has 12 nitrogen and oxygen atoms in total. The monoisotopic (exact) mass is 751 g/mol. The van der Waals surface area contributed by atoms with Gasteiger partial charge in [0.15, 0.2) is 6.29 Å². The van der Waals surface area contributed by atoms with Crippen LogP contribution < -0.4 is 5.32 Å². The molecule has 6 N–H and O–H groups in total. The molecule has 7 atom stereocenters. The van der Waals surface area contributed by atoms with Gasteiger partial charge in [-0.05, 0) is 19.3 Å². The topological polar surface area (TPSA) is 192 Å². The molecule has 0 unspecified atom stereocenters. The van der Waals surface area contributed by atoms with E-state index in [0.29, 0.717) is 6.42 Å². The number of hydrogen-bond donors (Lipinski definition) is 6. The first kappa shape index (κ1) is 47.9. The molecule has 0 aliphatic carbocycles. The highest BCUT2D eigenvalue weighted by Gasteiger charge is 2.48. The molecule has 0 radical (unpaired) electrons. The number of carbonyl (C=O) groups is 1. The van der Waals surface area contributed by atoms with Crippen molar-refractivity contribution < 1.29 is 51.8 Å². The Hall–Kier alpha value is -1.16. The molecule has 1 fully saturated rings. The van der Waals surface area contributed by atoms with Gasteiger partial charge in [0.25, 0.3) is 0 Å². The van der Waals surface area contributed by atoms with Crippen LogP contribution in [0.5, 0.6) is 0 Å². The average Bonchev–Trinajstić information content (AvgIpc) is 3.09. The maximum Gasteiger partial charge on any atom is 0.397 e. The van der Waals surface area contributed by atoms with Crippen molar-refractivity contribution in [3.8, 4) is 0 Å². The summed E-state index contributed by atoms with van der Waals surface area (Å²) >= 11 is 0. The number of hydrogen-bond acceptors (Lipinski definition) is 10. The zero-order chi connectivity index (χ0) is 37.7. The van der Waals surface area contributed by atoms with Crippen LogP contribution in [0.25, 0.3) is 0 Å². The van der Waals surface area contributed by atoms with E-state index in [4.69, 9.17) is 14.0 Å². The minimum atomic E-state index is -5.07. The summed E-state index contributed by atoms with van der Waals surface area (Å²) in [5.41, 5.74) is 0. The van der Waals surface area contributed by atoms with E-state index in [1.165, 1.54) is 103 Å². The third kappa shape index (κ3) is 24.0. The zero-order valence-corrected chi connectivity index (χ0v) is 32.5. The van der Waals surface area contributed by atoms with E-state index >= 15 is 0 Å². The third-order valence-electron chi connectivity index (χ3n) is 9.57. The van der Waals surface area contributed by atoms with Gasteiger partial charge in [-0.15, -0.1) is 0 Å². The van der Waals surface area contributed by atoms with Gasteiger partial charge in [-0.1, -0.05) is 154 Å². The summed E-state index contributed by atoms with van der Waals surface area (Å²) in [6.07, 6.45) is 21.2. The van der Waals surface area contributed by atoms with Crippen molar-refractivity contribution in [2.45, 2.75) is 211 Å². The molecule has 0 aromatic rings. The summed E-state index contributed by atoms with van der Waals surface area (Å²) in [6, 6.07) is -0.935. The number of amides is 1. The van der Waals surface area contributed by atoms with E-state index in [1.807, 2.05) is 6.08 Å². The van der Waals surface area contributed by atoms with Gasteiger partial charge < -0.3 is 35.2 Å². The number of nitrogens with one attached hydrogen (secondary N) is 1. The van der Waals surface area contributed by atoms with Crippen molar-refractivity contribution in [1.29, 1.82) is 0 Å². The van der Waals surface area contributed by atoms with Gasteiger partial charge in [-0.2, -0.15) is 8.42 Å². The lowest BCUT2D eigenvalue weighted by atomic mass is 9.99. The Balaban J connectivity index is 2.63.